The van der Waals surface area contributed by atoms with Crippen LogP contribution in [0.2, 0.25) is 0 Å². The highest BCUT2D eigenvalue weighted by Crippen LogP contribution is 2.46. The molecular formula is C18H11F6NO. The fourth-order valence-electron chi connectivity index (χ4n) is 2.79. The van der Waals surface area contributed by atoms with Crippen LogP contribution in [0.3, 0.4) is 0 Å². The Labute approximate surface area is 143 Å². The minimum atomic E-state index is -5.07. The molecule has 136 valence electrons. The van der Waals surface area contributed by atoms with Crippen LogP contribution in [0, 0.1) is 0 Å². The first kappa shape index (κ1) is 18.2. The van der Waals surface area contributed by atoms with Crippen molar-refractivity contribution in [2.24, 2.45) is 0 Å². The monoisotopic (exact) mass is 371 g/mol. The number of aromatic nitrogens is 1. The minimum absolute atomic E-state index is 0.142. The van der Waals surface area contributed by atoms with Crippen LogP contribution < -0.4 is 0 Å². The lowest BCUT2D eigenvalue weighted by molar-refractivity contribution is -0.143. The van der Waals surface area contributed by atoms with Crippen molar-refractivity contribution in [1.29, 1.82) is 0 Å². The van der Waals surface area contributed by atoms with Crippen LogP contribution >= 0.6 is 0 Å². The van der Waals surface area contributed by atoms with Crippen LogP contribution in [0.15, 0.2) is 48.5 Å². The van der Waals surface area contributed by atoms with E-state index in [9.17, 15) is 31.4 Å². The number of pyridine rings is 1. The van der Waals surface area contributed by atoms with Crippen LogP contribution in [0.4, 0.5) is 26.3 Å². The molecule has 0 bridgehead atoms. The van der Waals surface area contributed by atoms with E-state index in [1.54, 1.807) is 0 Å². The molecular weight excluding hydrogens is 360 g/mol. The predicted octanol–water partition coefficient (Wildman–Crippen LogP) is 5.43. The topological polar surface area (TPSA) is 33.1 Å². The summed E-state index contributed by atoms with van der Waals surface area (Å²) in [6, 6.07) is 9.82. The molecule has 0 aliphatic carbocycles. The van der Waals surface area contributed by atoms with Gasteiger partial charge in [-0.1, -0.05) is 36.4 Å². The Bertz CT molecular complexity index is 948. The van der Waals surface area contributed by atoms with Crippen LogP contribution in [-0.2, 0) is 19.0 Å². The summed E-state index contributed by atoms with van der Waals surface area (Å²) >= 11 is 0. The average Bonchev–Trinajstić information content (AvgIpc) is 2.58. The number of aliphatic hydroxyl groups excluding tert-OH is 1. The summed E-state index contributed by atoms with van der Waals surface area (Å²) in [5.74, 6) is 0. The summed E-state index contributed by atoms with van der Waals surface area (Å²) in [7, 11) is 0. The van der Waals surface area contributed by atoms with Gasteiger partial charge in [-0.2, -0.15) is 26.3 Å². The Balaban J connectivity index is 2.55. The fourth-order valence-corrected chi connectivity index (χ4v) is 2.79. The largest absolute Gasteiger partial charge is 0.433 e. The molecule has 8 heteroatoms. The summed E-state index contributed by atoms with van der Waals surface area (Å²) in [4.78, 5) is 3.47. The molecule has 0 fully saturated rings. The molecule has 0 atom stereocenters. The number of alkyl halides is 6. The molecule has 0 aliphatic rings. The number of hydrogen-bond donors (Lipinski definition) is 1. The van der Waals surface area contributed by atoms with Crippen LogP contribution in [-0.4, -0.2) is 10.1 Å². The molecule has 0 saturated heterocycles. The Morgan fingerprint density at radius 3 is 2.04 bits per heavy atom. The summed E-state index contributed by atoms with van der Waals surface area (Å²) in [5, 5.41) is 8.69. The van der Waals surface area contributed by atoms with Gasteiger partial charge in [-0.25, -0.2) is 4.98 Å². The van der Waals surface area contributed by atoms with E-state index >= 15 is 0 Å². The Morgan fingerprint density at radius 1 is 0.846 bits per heavy atom. The zero-order chi connectivity index (χ0) is 19.1. The number of benzene rings is 2. The first-order valence-corrected chi connectivity index (χ1v) is 7.40. The second-order valence-corrected chi connectivity index (χ2v) is 5.58. The molecule has 1 aromatic heterocycles. The van der Waals surface area contributed by atoms with Crippen LogP contribution in [0.25, 0.3) is 22.0 Å². The predicted molar refractivity (Wildman–Crippen MR) is 83.1 cm³/mol. The molecule has 0 saturated carbocycles. The SMILES string of the molecule is OCc1ccc2nc(C(F)(F)F)c(-c3ccccc3)c(C(F)(F)F)c2c1. The zero-order valence-corrected chi connectivity index (χ0v) is 13.0. The maximum absolute atomic E-state index is 13.8. The second-order valence-electron chi connectivity index (χ2n) is 5.58. The van der Waals surface area contributed by atoms with Gasteiger partial charge in [0.25, 0.3) is 0 Å². The molecule has 2 aromatic carbocycles. The Hall–Kier alpha value is -2.61. The number of halogens is 6. The summed E-state index contributed by atoms with van der Waals surface area (Å²) in [5.41, 5.74) is -4.58. The van der Waals surface area contributed by atoms with Gasteiger partial charge in [-0.05, 0) is 23.3 Å². The standard InChI is InChI=1S/C18H11F6NO/c19-17(20,21)15-12-8-10(9-26)6-7-13(12)25-16(18(22,23)24)14(15)11-4-2-1-3-5-11/h1-8,26H,9H2. The molecule has 26 heavy (non-hydrogen) atoms. The van der Waals surface area contributed by atoms with Crippen LogP contribution in [0.1, 0.15) is 16.8 Å². The van der Waals surface area contributed by atoms with E-state index in [-0.39, 0.29) is 11.1 Å². The third-order valence-corrected chi connectivity index (χ3v) is 3.85. The van der Waals surface area contributed by atoms with Crippen molar-refractivity contribution in [1.82, 2.24) is 4.98 Å². The smallest absolute Gasteiger partial charge is 0.392 e. The van der Waals surface area contributed by atoms with Crippen molar-refractivity contribution in [2.45, 2.75) is 19.0 Å². The maximum atomic E-state index is 13.8. The number of rotatable bonds is 2. The van der Waals surface area contributed by atoms with E-state index in [4.69, 9.17) is 0 Å². The van der Waals surface area contributed by atoms with Crippen molar-refractivity contribution < 1.29 is 31.4 Å². The lowest BCUT2D eigenvalue weighted by Gasteiger charge is -2.21. The van der Waals surface area contributed by atoms with E-state index in [1.165, 1.54) is 36.4 Å². The quantitative estimate of drug-likeness (QED) is 0.609. The van der Waals surface area contributed by atoms with Crippen molar-refractivity contribution in [3.05, 3.63) is 65.4 Å². The van der Waals surface area contributed by atoms with Gasteiger partial charge in [-0.3, -0.25) is 0 Å². The zero-order valence-electron chi connectivity index (χ0n) is 13.0. The van der Waals surface area contributed by atoms with Gasteiger partial charge < -0.3 is 5.11 Å². The third-order valence-electron chi connectivity index (χ3n) is 3.85. The third kappa shape index (κ3) is 3.24. The van der Waals surface area contributed by atoms with E-state index < -0.39 is 46.7 Å². The highest BCUT2D eigenvalue weighted by Gasteiger charge is 2.44. The molecule has 0 unspecified atom stereocenters. The van der Waals surface area contributed by atoms with Gasteiger partial charge >= 0.3 is 12.4 Å². The molecule has 3 rings (SSSR count). The molecule has 0 spiro atoms. The average molecular weight is 371 g/mol. The Kier molecular flexibility index (Phi) is 4.39. The van der Waals surface area contributed by atoms with Crippen molar-refractivity contribution in [2.75, 3.05) is 0 Å². The molecule has 2 nitrogen and oxygen atoms in total. The van der Waals surface area contributed by atoms with Gasteiger partial charge in [0.2, 0.25) is 0 Å². The van der Waals surface area contributed by atoms with Gasteiger partial charge in [0.15, 0.2) is 5.69 Å². The summed E-state index contributed by atoms with van der Waals surface area (Å²) in [6.07, 6.45) is -10.1. The maximum Gasteiger partial charge on any atom is 0.433 e. The van der Waals surface area contributed by atoms with Crippen molar-refractivity contribution in [3.8, 4) is 11.1 Å². The van der Waals surface area contributed by atoms with Gasteiger partial charge in [0.1, 0.15) is 0 Å². The Morgan fingerprint density at radius 2 is 1.50 bits per heavy atom. The van der Waals surface area contributed by atoms with E-state index in [0.717, 1.165) is 12.1 Å². The van der Waals surface area contributed by atoms with Gasteiger partial charge in [0, 0.05) is 10.9 Å². The number of aliphatic hydroxyl groups is 1. The fraction of sp³-hybridized carbons (Fsp3) is 0.167. The highest BCUT2D eigenvalue weighted by atomic mass is 19.4. The molecule has 3 aromatic rings. The first-order valence-electron chi connectivity index (χ1n) is 7.40. The molecule has 0 amide bonds. The molecule has 1 N–H and O–H groups in total. The highest BCUT2D eigenvalue weighted by molar-refractivity contribution is 5.91. The number of hydrogen-bond acceptors (Lipinski definition) is 2. The lowest BCUT2D eigenvalue weighted by atomic mass is 9.93. The first-order chi connectivity index (χ1) is 12.1. The number of nitrogens with zero attached hydrogens (tertiary/aromatic N) is 1. The van der Waals surface area contributed by atoms with E-state index in [0.29, 0.717) is 0 Å². The number of fused-ring (bicyclic) bond motifs is 1. The second kappa shape index (κ2) is 6.28. The molecule has 0 radical (unpaired) electrons. The van der Waals surface area contributed by atoms with E-state index in [1.807, 2.05) is 0 Å². The van der Waals surface area contributed by atoms with Gasteiger partial charge in [-0.15, -0.1) is 0 Å². The minimum Gasteiger partial charge on any atom is -0.392 e. The summed E-state index contributed by atoms with van der Waals surface area (Å²) in [6.45, 7) is -0.547. The van der Waals surface area contributed by atoms with Crippen LogP contribution in [0.5, 0.6) is 0 Å². The van der Waals surface area contributed by atoms with E-state index in [2.05, 4.69) is 4.98 Å². The molecule has 1 heterocycles. The van der Waals surface area contributed by atoms with Crippen molar-refractivity contribution >= 4 is 10.9 Å². The van der Waals surface area contributed by atoms with Crippen molar-refractivity contribution in [3.63, 3.8) is 0 Å². The normalized spacial score (nSPS) is 12.6. The summed E-state index contributed by atoms with van der Waals surface area (Å²) < 4.78 is 81.9. The lowest BCUT2D eigenvalue weighted by Crippen LogP contribution is -2.17. The molecule has 0 aliphatic heterocycles. The van der Waals surface area contributed by atoms with Gasteiger partial charge in [0.05, 0.1) is 17.7 Å².